The van der Waals surface area contributed by atoms with Gasteiger partial charge in [-0.05, 0) is 78.4 Å². The molecule has 0 heterocycles. The third kappa shape index (κ3) is 21.6. The highest BCUT2D eigenvalue weighted by Crippen LogP contribution is 2.20. The number of unbranched alkanes of at least 4 members (excludes halogenated alkanes) is 16. The minimum absolute atomic E-state index is 0.807. The van der Waals surface area contributed by atoms with Gasteiger partial charge in [0.2, 0.25) is 0 Å². The van der Waals surface area contributed by atoms with Crippen LogP contribution in [0.15, 0.2) is 47.6 Å². The molecular formula is C34H58O2. The number of hydrogen-bond acceptors (Lipinski definition) is 2. The molecule has 0 spiro atoms. The summed E-state index contributed by atoms with van der Waals surface area (Å²) in [5.74, 6) is 1.88. The first kappa shape index (κ1) is 32.3. The number of ether oxygens (including phenoxy) is 2. The average molecular weight is 499 g/mol. The topological polar surface area (TPSA) is 18.5 Å². The van der Waals surface area contributed by atoms with Crippen molar-refractivity contribution < 1.29 is 9.47 Å². The Kier molecular flexibility index (Phi) is 21.3. The fourth-order valence-corrected chi connectivity index (χ4v) is 4.43. The zero-order chi connectivity index (χ0) is 26.1. The van der Waals surface area contributed by atoms with Crippen LogP contribution in [0.3, 0.4) is 0 Å². The molecule has 0 radical (unpaired) electrons. The third-order valence-corrected chi connectivity index (χ3v) is 6.65. The number of rotatable bonds is 24. The molecule has 2 heteroatoms. The van der Waals surface area contributed by atoms with Crippen LogP contribution >= 0.6 is 0 Å². The van der Waals surface area contributed by atoms with Crippen molar-refractivity contribution >= 4 is 0 Å². The second-order valence-corrected chi connectivity index (χ2v) is 11.0. The molecule has 2 nitrogen and oxygen atoms in total. The lowest BCUT2D eigenvalue weighted by Gasteiger charge is -2.10. The molecule has 0 aliphatic rings. The fraction of sp³-hybridized carbons (Fsp3) is 0.706. The summed E-state index contributed by atoms with van der Waals surface area (Å²) in [5.41, 5.74) is 2.90. The highest BCUT2D eigenvalue weighted by atomic mass is 16.5. The Morgan fingerprint density at radius 2 is 0.833 bits per heavy atom. The van der Waals surface area contributed by atoms with E-state index in [9.17, 15) is 0 Å². The van der Waals surface area contributed by atoms with Crippen molar-refractivity contribution in [1.82, 2.24) is 0 Å². The molecule has 0 aliphatic heterocycles. The summed E-state index contributed by atoms with van der Waals surface area (Å²) >= 11 is 0. The lowest BCUT2D eigenvalue weighted by Crippen LogP contribution is -2.00. The van der Waals surface area contributed by atoms with Crippen LogP contribution in [-0.2, 0) is 0 Å². The standard InChI is InChI=1S/C34H58O2/c1-31(2)24-19-15-11-7-5-9-13-17-21-28-35-33-26-23-27-34(30-33)36-29-22-18-14-10-6-8-12-16-20-25-32(3)4/h23-27,30H,5-22,28-29H2,1-4H3. The van der Waals surface area contributed by atoms with Crippen molar-refractivity contribution in [3.8, 4) is 11.5 Å². The SMILES string of the molecule is CC(C)=CCCCCCCCCCCOc1cccc(OCCCCCCCCCCC=C(C)C)c1. The van der Waals surface area contributed by atoms with E-state index in [-0.39, 0.29) is 0 Å². The van der Waals surface area contributed by atoms with Crippen LogP contribution in [0.5, 0.6) is 11.5 Å². The van der Waals surface area contributed by atoms with E-state index in [0.29, 0.717) is 0 Å². The Morgan fingerprint density at radius 3 is 1.19 bits per heavy atom. The Morgan fingerprint density at radius 1 is 0.500 bits per heavy atom. The van der Waals surface area contributed by atoms with E-state index in [1.807, 2.05) is 24.3 Å². The van der Waals surface area contributed by atoms with Crippen LogP contribution < -0.4 is 9.47 Å². The molecule has 0 bridgehead atoms. The maximum absolute atomic E-state index is 5.97. The number of hydrogen-bond donors (Lipinski definition) is 0. The Hall–Kier alpha value is -1.70. The van der Waals surface area contributed by atoms with Crippen LogP contribution in [0.1, 0.15) is 143 Å². The van der Waals surface area contributed by atoms with E-state index in [2.05, 4.69) is 39.8 Å². The molecule has 1 rings (SSSR count). The molecule has 0 unspecified atom stereocenters. The summed E-state index contributed by atoms with van der Waals surface area (Å²) < 4.78 is 11.9. The molecule has 0 aliphatic carbocycles. The number of allylic oxidation sites excluding steroid dienone is 4. The molecular weight excluding hydrogens is 440 g/mol. The van der Waals surface area contributed by atoms with Gasteiger partial charge in [-0.25, -0.2) is 0 Å². The highest BCUT2D eigenvalue weighted by Gasteiger charge is 2.00. The van der Waals surface area contributed by atoms with Gasteiger partial charge in [-0.2, -0.15) is 0 Å². The van der Waals surface area contributed by atoms with Crippen molar-refractivity contribution in [3.05, 3.63) is 47.6 Å². The molecule has 1 aromatic carbocycles. The normalized spacial score (nSPS) is 10.8. The summed E-state index contributed by atoms with van der Waals surface area (Å²) in [4.78, 5) is 0. The van der Waals surface area contributed by atoms with Gasteiger partial charge in [-0.3, -0.25) is 0 Å². The first-order chi connectivity index (χ1) is 17.6. The summed E-state index contributed by atoms with van der Waals surface area (Å²) in [5, 5.41) is 0. The van der Waals surface area contributed by atoms with E-state index in [1.165, 1.54) is 114 Å². The van der Waals surface area contributed by atoms with Gasteiger partial charge in [0.05, 0.1) is 13.2 Å². The molecule has 0 N–H and O–H groups in total. The van der Waals surface area contributed by atoms with E-state index in [4.69, 9.17) is 9.47 Å². The van der Waals surface area contributed by atoms with Crippen molar-refractivity contribution in [2.75, 3.05) is 13.2 Å². The van der Waals surface area contributed by atoms with Crippen LogP contribution in [0.4, 0.5) is 0 Å². The van der Waals surface area contributed by atoms with Crippen LogP contribution in [0, 0.1) is 0 Å². The summed E-state index contributed by atoms with van der Waals surface area (Å²) in [6.07, 6.45) is 28.4. The Labute approximate surface area is 224 Å². The van der Waals surface area contributed by atoms with Gasteiger partial charge in [0.25, 0.3) is 0 Å². The van der Waals surface area contributed by atoms with Crippen molar-refractivity contribution in [3.63, 3.8) is 0 Å². The molecule has 36 heavy (non-hydrogen) atoms. The van der Waals surface area contributed by atoms with Gasteiger partial charge in [0.1, 0.15) is 11.5 Å². The van der Waals surface area contributed by atoms with Gasteiger partial charge in [0, 0.05) is 6.07 Å². The summed E-state index contributed by atoms with van der Waals surface area (Å²) in [6, 6.07) is 8.17. The fourth-order valence-electron chi connectivity index (χ4n) is 4.43. The Balaban J connectivity index is 1.93. The molecule has 206 valence electrons. The lowest BCUT2D eigenvalue weighted by atomic mass is 10.1. The largest absolute Gasteiger partial charge is 0.493 e. The molecule has 0 saturated heterocycles. The van der Waals surface area contributed by atoms with E-state index >= 15 is 0 Å². The average Bonchev–Trinajstić information content (AvgIpc) is 2.85. The predicted molar refractivity (Wildman–Crippen MR) is 159 cm³/mol. The maximum atomic E-state index is 5.97. The minimum Gasteiger partial charge on any atom is -0.493 e. The zero-order valence-corrected chi connectivity index (χ0v) is 24.4. The Bertz CT molecular complexity index is 625. The summed E-state index contributed by atoms with van der Waals surface area (Å²) in [7, 11) is 0. The van der Waals surface area contributed by atoms with E-state index in [1.54, 1.807) is 0 Å². The van der Waals surface area contributed by atoms with Crippen molar-refractivity contribution in [2.24, 2.45) is 0 Å². The van der Waals surface area contributed by atoms with Gasteiger partial charge in [-0.1, -0.05) is 106 Å². The first-order valence-electron chi connectivity index (χ1n) is 15.2. The molecule has 0 amide bonds. The maximum Gasteiger partial charge on any atom is 0.122 e. The van der Waals surface area contributed by atoms with E-state index < -0.39 is 0 Å². The van der Waals surface area contributed by atoms with Crippen LogP contribution in [-0.4, -0.2) is 13.2 Å². The minimum atomic E-state index is 0.807. The highest BCUT2D eigenvalue weighted by molar-refractivity contribution is 5.32. The quantitative estimate of drug-likeness (QED) is 0.104. The molecule has 0 saturated carbocycles. The summed E-state index contributed by atoms with van der Waals surface area (Å²) in [6.45, 7) is 10.4. The molecule has 0 atom stereocenters. The van der Waals surface area contributed by atoms with Crippen LogP contribution in [0.2, 0.25) is 0 Å². The second-order valence-electron chi connectivity index (χ2n) is 11.0. The molecule has 0 aromatic heterocycles. The van der Waals surface area contributed by atoms with Crippen molar-refractivity contribution in [1.29, 1.82) is 0 Å². The first-order valence-corrected chi connectivity index (χ1v) is 15.2. The molecule has 1 aromatic rings. The van der Waals surface area contributed by atoms with Gasteiger partial charge >= 0.3 is 0 Å². The van der Waals surface area contributed by atoms with E-state index in [0.717, 1.165) is 37.6 Å². The third-order valence-electron chi connectivity index (χ3n) is 6.65. The zero-order valence-electron chi connectivity index (χ0n) is 24.4. The lowest BCUT2D eigenvalue weighted by molar-refractivity contribution is 0.289. The number of benzene rings is 1. The van der Waals surface area contributed by atoms with Crippen LogP contribution in [0.25, 0.3) is 0 Å². The van der Waals surface area contributed by atoms with Gasteiger partial charge in [0.15, 0.2) is 0 Å². The smallest absolute Gasteiger partial charge is 0.122 e. The molecule has 0 fully saturated rings. The predicted octanol–water partition coefficient (Wildman–Crippen LogP) is 11.4. The monoisotopic (exact) mass is 498 g/mol. The van der Waals surface area contributed by atoms with Gasteiger partial charge in [-0.15, -0.1) is 0 Å². The van der Waals surface area contributed by atoms with Gasteiger partial charge < -0.3 is 9.47 Å². The van der Waals surface area contributed by atoms with Crippen molar-refractivity contribution in [2.45, 2.75) is 143 Å². The second kappa shape index (κ2) is 23.7.